The van der Waals surface area contributed by atoms with Crippen molar-refractivity contribution in [2.75, 3.05) is 0 Å². The van der Waals surface area contributed by atoms with Crippen LogP contribution in [0.15, 0.2) is 30.3 Å². The second-order valence-corrected chi connectivity index (χ2v) is 5.28. The van der Waals surface area contributed by atoms with Crippen LogP contribution in [0.25, 0.3) is 0 Å². The predicted molar refractivity (Wildman–Crippen MR) is 69.2 cm³/mol. The fraction of sp³-hybridized carbons (Fsp3) is 0.533. The topological polar surface area (TPSA) is 57.5 Å². The number of hydrogen-bond donors (Lipinski definition) is 2. The standard InChI is InChI=1S/C15H20O3/c16-13(12-7-3-1-4-8-12)11-15(14(17)18)9-5-2-6-10-15/h1,3-4,7-8,13,16H,2,5-6,9-11H2,(H,17,18). The Hall–Kier alpha value is -1.35. The molecule has 1 aromatic carbocycles. The highest BCUT2D eigenvalue weighted by molar-refractivity contribution is 5.74. The molecule has 0 spiro atoms. The number of benzene rings is 1. The highest BCUT2D eigenvalue weighted by Gasteiger charge is 2.41. The van der Waals surface area contributed by atoms with Gasteiger partial charge in [-0.2, -0.15) is 0 Å². The Morgan fingerprint density at radius 2 is 1.78 bits per heavy atom. The minimum atomic E-state index is -0.753. The van der Waals surface area contributed by atoms with Crippen molar-refractivity contribution in [2.45, 2.75) is 44.6 Å². The van der Waals surface area contributed by atoms with E-state index in [4.69, 9.17) is 0 Å². The lowest BCUT2D eigenvalue weighted by Crippen LogP contribution is -2.35. The number of carbonyl (C=O) groups is 1. The van der Waals surface area contributed by atoms with Gasteiger partial charge in [-0.25, -0.2) is 0 Å². The second kappa shape index (κ2) is 5.53. The van der Waals surface area contributed by atoms with E-state index in [0.717, 1.165) is 24.8 Å². The molecular formula is C15H20O3. The molecule has 1 aromatic rings. The molecule has 1 saturated carbocycles. The van der Waals surface area contributed by atoms with Gasteiger partial charge < -0.3 is 10.2 Å². The largest absolute Gasteiger partial charge is 0.481 e. The number of aliphatic hydroxyl groups excluding tert-OH is 1. The third-order valence-corrected chi connectivity index (χ3v) is 4.03. The highest BCUT2D eigenvalue weighted by atomic mass is 16.4. The van der Waals surface area contributed by atoms with E-state index in [1.165, 1.54) is 0 Å². The van der Waals surface area contributed by atoms with Crippen LogP contribution in [0.4, 0.5) is 0 Å². The average molecular weight is 248 g/mol. The fourth-order valence-corrected chi connectivity index (χ4v) is 2.90. The molecule has 1 unspecified atom stereocenters. The first kappa shape index (κ1) is 13.1. The van der Waals surface area contributed by atoms with E-state index in [1.54, 1.807) is 0 Å². The van der Waals surface area contributed by atoms with Gasteiger partial charge in [-0.3, -0.25) is 4.79 Å². The minimum Gasteiger partial charge on any atom is -0.481 e. The molecule has 98 valence electrons. The molecule has 0 saturated heterocycles. The van der Waals surface area contributed by atoms with Crippen molar-refractivity contribution in [1.82, 2.24) is 0 Å². The summed E-state index contributed by atoms with van der Waals surface area (Å²) in [6.45, 7) is 0. The van der Waals surface area contributed by atoms with Crippen LogP contribution in [0.5, 0.6) is 0 Å². The number of aliphatic carboxylic acids is 1. The van der Waals surface area contributed by atoms with Crippen LogP contribution in [-0.2, 0) is 4.79 Å². The van der Waals surface area contributed by atoms with Gasteiger partial charge >= 0.3 is 5.97 Å². The SMILES string of the molecule is O=C(O)C1(CC(O)c2ccccc2)CCCCC1. The zero-order valence-corrected chi connectivity index (χ0v) is 10.5. The van der Waals surface area contributed by atoms with E-state index < -0.39 is 17.5 Å². The number of hydrogen-bond acceptors (Lipinski definition) is 2. The van der Waals surface area contributed by atoms with E-state index in [0.29, 0.717) is 19.3 Å². The van der Waals surface area contributed by atoms with Crippen LogP contribution in [0.2, 0.25) is 0 Å². The van der Waals surface area contributed by atoms with Crippen molar-refractivity contribution < 1.29 is 15.0 Å². The van der Waals surface area contributed by atoms with Gasteiger partial charge in [0.2, 0.25) is 0 Å². The molecule has 2 N–H and O–H groups in total. The second-order valence-electron chi connectivity index (χ2n) is 5.28. The molecule has 0 amide bonds. The Morgan fingerprint density at radius 3 is 2.33 bits per heavy atom. The van der Waals surface area contributed by atoms with E-state index in [2.05, 4.69) is 0 Å². The Kier molecular flexibility index (Phi) is 4.02. The molecule has 3 heteroatoms. The summed E-state index contributed by atoms with van der Waals surface area (Å²) in [5.41, 5.74) is 0.0803. The van der Waals surface area contributed by atoms with Crippen molar-refractivity contribution in [3.05, 3.63) is 35.9 Å². The normalized spacial score (nSPS) is 20.3. The van der Waals surface area contributed by atoms with Crippen LogP contribution in [-0.4, -0.2) is 16.2 Å². The fourth-order valence-electron chi connectivity index (χ4n) is 2.90. The van der Waals surface area contributed by atoms with Crippen molar-refractivity contribution in [3.8, 4) is 0 Å². The van der Waals surface area contributed by atoms with Crippen LogP contribution < -0.4 is 0 Å². The Bertz CT molecular complexity index is 393. The number of rotatable bonds is 4. The molecular weight excluding hydrogens is 228 g/mol. The van der Waals surface area contributed by atoms with Gasteiger partial charge in [0.1, 0.15) is 0 Å². The van der Waals surface area contributed by atoms with Crippen molar-refractivity contribution in [3.63, 3.8) is 0 Å². The van der Waals surface area contributed by atoms with Crippen molar-refractivity contribution in [1.29, 1.82) is 0 Å². The summed E-state index contributed by atoms with van der Waals surface area (Å²) in [7, 11) is 0. The summed E-state index contributed by atoms with van der Waals surface area (Å²) in [5, 5.41) is 19.7. The van der Waals surface area contributed by atoms with Gasteiger partial charge in [0, 0.05) is 0 Å². The summed E-state index contributed by atoms with van der Waals surface area (Å²) in [5.74, 6) is -0.753. The lowest BCUT2D eigenvalue weighted by Gasteiger charge is -2.34. The van der Waals surface area contributed by atoms with Crippen molar-refractivity contribution in [2.24, 2.45) is 5.41 Å². The number of carboxylic acid groups (broad SMARTS) is 1. The maximum atomic E-state index is 11.5. The quantitative estimate of drug-likeness (QED) is 0.860. The van der Waals surface area contributed by atoms with Crippen LogP contribution in [0.3, 0.4) is 0 Å². The zero-order valence-electron chi connectivity index (χ0n) is 10.5. The summed E-state index contributed by atoms with van der Waals surface area (Å²) in [4.78, 5) is 11.5. The summed E-state index contributed by atoms with van der Waals surface area (Å²) in [6, 6.07) is 9.33. The summed E-state index contributed by atoms with van der Waals surface area (Å²) >= 11 is 0. The minimum absolute atomic E-state index is 0.326. The number of aliphatic hydroxyl groups is 1. The zero-order chi connectivity index (χ0) is 13.0. The lowest BCUT2D eigenvalue weighted by atomic mass is 9.70. The van der Waals surface area contributed by atoms with E-state index in [-0.39, 0.29) is 0 Å². The molecule has 3 nitrogen and oxygen atoms in total. The third kappa shape index (κ3) is 2.72. The van der Waals surface area contributed by atoms with Crippen LogP contribution in [0.1, 0.15) is 50.2 Å². The molecule has 1 aliphatic rings. The third-order valence-electron chi connectivity index (χ3n) is 4.03. The first-order valence-electron chi connectivity index (χ1n) is 6.60. The van der Waals surface area contributed by atoms with Gasteiger partial charge in [-0.05, 0) is 24.8 Å². The molecule has 0 bridgehead atoms. The molecule has 0 aromatic heterocycles. The molecule has 0 radical (unpaired) electrons. The monoisotopic (exact) mass is 248 g/mol. The molecule has 1 atom stereocenters. The maximum absolute atomic E-state index is 11.5. The summed E-state index contributed by atoms with van der Waals surface area (Å²) < 4.78 is 0. The molecule has 2 rings (SSSR count). The van der Waals surface area contributed by atoms with Gasteiger partial charge in [0.05, 0.1) is 11.5 Å². The average Bonchev–Trinajstić information content (AvgIpc) is 2.40. The molecule has 1 aliphatic carbocycles. The Morgan fingerprint density at radius 1 is 1.17 bits per heavy atom. The van der Waals surface area contributed by atoms with E-state index in [9.17, 15) is 15.0 Å². The van der Waals surface area contributed by atoms with Crippen LogP contribution in [0, 0.1) is 5.41 Å². The first-order chi connectivity index (χ1) is 8.64. The lowest BCUT2D eigenvalue weighted by molar-refractivity contribution is -0.153. The highest BCUT2D eigenvalue weighted by Crippen LogP contribution is 2.43. The van der Waals surface area contributed by atoms with E-state index in [1.807, 2.05) is 30.3 Å². The predicted octanol–water partition coefficient (Wildman–Crippen LogP) is 3.15. The first-order valence-corrected chi connectivity index (χ1v) is 6.60. The van der Waals surface area contributed by atoms with Gasteiger partial charge in [0.25, 0.3) is 0 Å². The summed E-state index contributed by atoms with van der Waals surface area (Å²) in [6.07, 6.45) is 4.03. The van der Waals surface area contributed by atoms with Crippen LogP contribution >= 0.6 is 0 Å². The van der Waals surface area contributed by atoms with Gasteiger partial charge in [-0.15, -0.1) is 0 Å². The smallest absolute Gasteiger partial charge is 0.309 e. The van der Waals surface area contributed by atoms with E-state index >= 15 is 0 Å². The number of carboxylic acids is 1. The maximum Gasteiger partial charge on any atom is 0.309 e. The molecule has 1 fully saturated rings. The molecule has 18 heavy (non-hydrogen) atoms. The Labute approximate surface area is 107 Å². The van der Waals surface area contributed by atoms with Gasteiger partial charge in [0.15, 0.2) is 0 Å². The van der Waals surface area contributed by atoms with Gasteiger partial charge in [-0.1, -0.05) is 49.6 Å². The van der Waals surface area contributed by atoms with Crippen molar-refractivity contribution >= 4 is 5.97 Å². The molecule has 0 aliphatic heterocycles. The Balaban J connectivity index is 2.12. The molecule has 0 heterocycles.